The van der Waals surface area contributed by atoms with Gasteiger partial charge in [0.15, 0.2) is 0 Å². The summed E-state index contributed by atoms with van der Waals surface area (Å²) in [5, 5.41) is 0. The molecule has 0 aromatic heterocycles. The molecule has 0 saturated carbocycles. The predicted molar refractivity (Wildman–Crippen MR) is 163 cm³/mol. The highest BCUT2D eigenvalue weighted by molar-refractivity contribution is 4.62. The molecular weight excluding hydrogens is 420 g/mol. The molecule has 0 heteroatoms. The Kier molecular flexibility index (Phi) is 32.0. The van der Waals surface area contributed by atoms with Crippen LogP contribution < -0.4 is 0 Å². The molecule has 0 spiro atoms. The lowest BCUT2D eigenvalue weighted by molar-refractivity contribution is 0.366. The summed E-state index contributed by atoms with van der Waals surface area (Å²) in [4.78, 5) is 0. The first-order chi connectivity index (χ1) is 17.3. The normalized spacial score (nSPS) is 12.4. The van der Waals surface area contributed by atoms with Gasteiger partial charge in [-0.15, -0.1) is 0 Å². The third kappa shape index (κ3) is 30.1. The average molecular weight is 492 g/mol. The van der Waals surface area contributed by atoms with Crippen LogP contribution in [-0.2, 0) is 0 Å². The zero-order valence-electron chi connectivity index (χ0n) is 25.2. The van der Waals surface area contributed by atoms with Gasteiger partial charge in [0.1, 0.15) is 0 Å². The maximum Gasteiger partial charge on any atom is -0.0414 e. The molecule has 1 radical (unpaired) electrons. The minimum Gasteiger partial charge on any atom is -0.0654 e. The Morgan fingerprint density at radius 2 is 0.543 bits per heavy atom. The van der Waals surface area contributed by atoms with E-state index in [0.717, 1.165) is 12.3 Å². The highest BCUT2D eigenvalue weighted by Crippen LogP contribution is 2.25. The van der Waals surface area contributed by atoms with E-state index in [1.165, 1.54) is 193 Å². The van der Waals surface area contributed by atoms with Crippen LogP contribution in [0.25, 0.3) is 0 Å². The van der Waals surface area contributed by atoms with Crippen molar-refractivity contribution in [2.24, 2.45) is 5.92 Å². The summed E-state index contributed by atoms with van der Waals surface area (Å²) in [6, 6.07) is 0. The Hall–Kier alpha value is 0. The van der Waals surface area contributed by atoms with Crippen molar-refractivity contribution in [3.05, 3.63) is 6.92 Å². The third-order valence-electron chi connectivity index (χ3n) is 8.29. The summed E-state index contributed by atoms with van der Waals surface area (Å²) in [5.74, 6) is 1.02. The molecule has 35 heavy (non-hydrogen) atoms. The van der Waals surface area contributed by atoms with Gasteiger partial charge in [-0.05, 0) is 5.92 Å². The van der Waals surface area contributed by atoms with Gasteiger partial charge in [-0.3, -0.25) is 0 Å². The molecule has 1 unspecified atom stereocenters. The fraction of sp³-hybridized carbons (Fsp3) is 0.971. The molecule has 0 aromatic rings. The average Bonchev–Trinajstić information content (AvgIpc) is 2.87. The number of hydrogen-bond donors (Lipinski definition) is 0. The van der Waals surface area contributed by atoms with E-state index in [1.807, 2.05) is 0 Å². The molecule has 0 heterocycles. The van der Waals surface area contributed by atoms with E-state index in [1.54, 1.807) is 0 Å². The van der Waals surface area contributed by atoms with Gasteiger partial charge in [-0.25, -0.2) is 0 Å². The molecule has 0 N–H and O–H groups in total. The van der Waals surface area contributed by atoms with Crippen molar-refractivity contribution >= 4 is 0 Å². The molecule has 0 bridgehead atoms. The first kappa shape index (κ1) is 35.0. The second kappa shape index (κ2) is 32.0. The SMILES string of the molecule is [CH2]CCCCCC(CCCCCCCCCCCCC)CCCCCCCCCCCCCCC. The highest BCUT2D eigenvalue weighted by Gasteiger charge is 2.08. The minimum atomic E-state index is 1.02. The summed E-state index contributed by atoms with van der Waals surface area (Å²) in [6.45, 7) is 8.65. The molecule has 0 aliphatic carbocycles. The molecule has 0 amide bonds. The Morgan fingerprint density at radius 3 is 0.800 bits per heavy atom. The van der Waals surface area contributed by atoms with Crippen molar-refractivity contribution in [3.63, 3.8) is 0 Å². The molecule has 0 nitrogen and oxygen atoms in total. The van der Waals surface area contributed by atoms with Crippen LogP contribution in [0.3, 0.4) is 0 Å². The van der Waals surface area contributed by atoms with E-state index in [4.69, 9.17) is 0 Å². The topological polar surface area (TPSA) is 0 Å². The quantitative estimate of drug-likeness (QED) is 0.0845. The van der Waals surface area contributed by atoms with Gasteiger partial charge in [0.2, 0.25) is 0 Å². The standard InChI is InChI=1S/C35H71/c1-4-7-10-13-15-17-19-20-22-24-26-28-31-34-35(32-29-12-9-6-3)33-30-27-25-23-21-18-16-14-11-8-5-2/h35H,3-34H2,1-2H3. The van der Waals surface area contributed by atoms with Crippen molar-refractivity contribution in [2.75, 3.05) is 0 Å². The largest absolute Gasteiger partial charge is 0.0654 e. The van der Waals surface area contributed by atoms with E-state index in [-0.39, 0.29) is 0 Å². The molecule has 0 rings (SSSR count). The van der Waals surface area contributed by atoms with Crippen molar-refractivity contribution in [1.29, 1.82) is 0 Å². The minimum absolute atomic E-state index is 1.02. The Labute approximate surface area is 225 Å². The van der Waals surface area contributed by atoms with Crippen LogP contribution in [-0.4, -0.2) is 0 Å². The smallest absolute Gasteiger partial charge is 0.0414 e. The van der Waals surface area contributed by atoms with Crippen LogP contribution in [0.1, 0.15) is 213 Å². The van der Waals surface area contributed by atoms with Gasteiger partial charge < -0.3 is 0 Å². The van der Waals surface area contributed by atoms with Crippen LogP contribution in [0.2, 0.25) is 0 Å². The van der Waals surface area contributed by atoms with Gasteiger partial charge >= 0.3 is 0 Å². The highest BCUT2D eigenvalue weighted by atomic mass is 14.1. The zero-order valence-corrected chi connectivity index (χ0v) is 25.2. The van der Waals surface area contributed by atoms with Gasteiger partial charge in [-0.1, -0.05) is 220 Å². The van der Waals surface area contributed by atoms with Gasteiger partial charge in [-0.2, -0.15) is 0 Å². The molecular formula is C35H71. The number of rotatable bonds is 31. The molecule has 211 valence electrons. The van der Waals surface area contributed by atoms with Crippen molar-refractivity contribution in [2.45, 2.75) is 213 Å². The zero-order chi connectivity index (χ0) is 25.5. The van der Waals surface area contributed by atoms with E-state index >= 15 is 0 Å². The monoisotopic (exact) mass is 492 g/mol. The third-order valence-corrected chi connectivity index (χ3v) is 8.29. The van der Waals surface area contributed by atoms with Crippen LogP contribution in [0, 0.1) is 12.8 Å². The van der Waals surface area contributed by atoms with E-state index in [2.05, 4.69) is 20.8 Å². The van der Waals surface area contributed by atoms with E-state index < -0.39 is 0 Å². The lowest BCUT2D eigenvalue weighted by Gasteiger charge is -2.17. The summed E-state index contributed by atoms with van der Waals surface area (Å²) >= 11 is 0. The molecule has 1 atom stereocenters. The Morgan fingerprint density at radius 1 is 0.314 bits per heavy atom. The molecule has 0 aliphatic rings. The maximum absolute atomic E-state index is 4.03. The molecule has 0 aromatic carbocycles. The fourth-order valence-corrected chi connectivity index (χ4v) is 5.77. The number of hydrogen-bond acceptors (Lipinski definition) is 0. The maximum atomic E-state index is 4.03. The van der Waals surface area contributed by atoms with Crippen molar-refractivity contribution < 1.29 is 0 Å². The van der Waals surface area contributed by atoms with Crippen LogP contribution in [0.4, 0.5) is 0 Å². The van der Waals surface area contributed by atoms with E-state index in [0.29, 0.717) is 0 Å². The lowest BCUT2D eigenvalue weighted by Crippen LogP contribution is -2.01. The van der Waals surface area contributed by atoms with Gasteiger partial charge in [0.25, 0.3) is 0 Å². The summed E-state index contributed by atoms with van der Waals surface area (Å²) < 4.78 is 0. The number of unbranched alkanes of at least 4 members (excludes halogenated alkanes) is 25. The molecule has 0 saturated heterocycles. The van der Waals surface area contributed by atoms with Crippen molar-refractivity contribution in [1.82, 2.24) is 0 Å². The Balaban J connectivity index is 3.65. The summed E-state index contributed by atoms with van der Waals surface area (Å²) in [7, 11) is 0. The van der Waals surface area contributed by atoms with Crippen LogP contribution in [0.15, 0.2) is 0 Å². The predicted octanol–water partition coefficient (Wildman–Crippen LogP) is 13.6. The Bertz CT molecular complexity index is 346. The summed E-state index contributed by atoms with van der Waals surface area (Å²) in [5.41, 5.74) is 0. The van der Waals surface area contributed by atoms with Crippen molar-refractivity contribution in [3.8, 4) is 0 Å². The fourth-order valence-electron chi connectivity index (χ4n) is 5.77. The molecule has 0 fully saturated rings. The van der Waals surface area contributed by atoms with E-state index in [9.17, 15) is 0 Å². The second-order valence-corrected chi connectivity index (χ2v) is 11.9. The van der Waals surface area contributed by atoms with Crippen LogP contribution in [0.5, 0.6) is 0 Å². The van der Waals surface area contributed by atoms with Gasteiger partial charge in [0, 0.05) is 0 Å². The first-order valence-electron chi connectivity index (χ1n) is 17.1. The summed E-state index contributed by atoms with van der Waals surface area (Å²) in [6.07, 6.45) is 45.2. The van der Waals surface area contributed by atoms with Crippen LogP contribution >= 0.6 is 0 Å². The lowest BCUT2D eigenvalue weighted by atomic mass is 9.89. The molecule has 0 aliphatic heterocycles. The first-order valence-corrected chi connectivity index (χ1v) is 17.1. The van der Waals surface area contributed by atoms with Gasteiger partial charge in [0.05, 0.1) is 0 Å². The second-order valence-electron chi connectivity index (χ2n) is 11.9.